The summed E-state index contributed by atoms with van der Waals surface area (Å²) in [7, 11) is 0. The molecule has 3 saturated carbocycles. The van der Waals surface area contributed by atoms with E-state index in [4.69, 9.17) is 14.6 Å². The number of aliphatic carboxylic acids is 1. The second kappa shape index (κ2) is 7.53. The standard InChI is InChI=1S/C27H41FO4/c1-15(6-9-22(29)30)16-7-8-17-23-18(10-12-26(16,17)4)27(5)13-11-21-24(19(27)14-20(23)28)32-25(2,3)31-21/h15-19,21,24H,6-14H2,1-5H3,(H,29,30)/t15-,16-,17+,18+,19+,21+,24-,26-,27-/m1/s1. The Morgan fingerprint density at radius 3 is 2.47 bits per heavy atom. The SMILES string of the molecule is C[C@H](CCC(=O)O)[C@H]1CC[C@H]2C3=C(F)C[C@H]4[C@H]5OC(C)(C)O[C@H]5CC[C@]4(C)[C@H]3CC[C@]12C. The highest BCUT2D eigenvalue weighted by atomic mass is 19.1. The van der Waals surface area contributed by atoms with Crippen molar-refractivity contribution in [1.82, 2.24) is 0 Å². The van der Waals surface area contributed by atoms with Crippen molar-refractivity contribution in [3.05, 3.63) is 11.4 Å². The maximum atomic E-state index is 16.0. The van der Waals surface area contributed by atoms with E-state index >= 15 is 4.39 Å². The summed E-state index contributed by atoms with van der Waals surface area (Å²) < 4.78 is 28.5. The average Bonchev–Trinajstić information content (AvgIpc) is 3.22. The van der Waals surface area contributed by atoms with E-state index in [1.54, 1.807) is 0 Å². The quantitative estimate of drug-likeness (QED) is 0.534. The van der Waals surface area contributed by atoms with Crippen LogP contribution in [0, 0.1) is 40.4 Å². The molecule has 1 aliphatic heterocycles. The molecular formula is C27H41FO4. The van der Waals surface area contributed by atoms with Crippen molar-refractivity contribution in [2.24, 2.45) is 40.4 Å². The van der Waals surface area contributed by atoms with Gasteiger partial charge in [-0.25, -0.2) is 4.39 Å². The third-order valence-corrected chi connectivity index (χ3v) is 10.6. The Morgan fingerprint density at radius 1 is 1.06 bits per heavy atom. The van der Waals surface area contributed by atoms with Gasteiger partial charge in [0.1, 0.15) is 5.83 Å². The lowest BCUT2D eigenvalue weighted by molar-refractivity contribution is -0.154. The Balaban J connectivity index is 1.43. The first-order chi connectivity index (χ1) is 15.0. The van der Waals surface area contributed by atoms with Gasteiger partial charge in [0.05, 0.1) is 12.2 Å². The average molecular weight is 449 g/mol. The van der Waals surface area contributed by atoms with Crippen molar-refractivity contribution in [3.63, 3.8) is 0 Å². The molecule has 0 aromatic rings. The van der Waals surface area contributed by atoms with E-state index in [0.717, 1.165) is 50.5 Å². The number of ether oxygens (including phenoxy) is 2. The van der Waals surface area contributed by atoms with E-state index in [9.17, 15) is 4.79 Å². The third-order valence-electron chi connectivity index (χ3n) is 10.6. The van der Waals surface area contributed by atoms with E-state index in [1.165, 1.54) is 0 Å². The van der Waals surface area contributed by atoms with Gasteiger partial charge in [-0.05, 0) is 105 Å². The van der Waals surface area contributed by atoms with Crippen molar-refractivity contribution in [2.75, 3.05) is 0 Å². The van der Waals surface area contributed by atoms with E-state index in [-0.39, 0.29) is 41.2 Å². The first kappa shape index (κ1) is 22.8. The Kier molecular flexibility index (Phi) is 5.37. The van der Waals surface area contributed by atoms with Gasteiger partial charge in [-0.2, -0.15) is 0 Å². The van der Waals surface area contributed by atoms with Crippen molar-refractivity contribution in [1.29, 1.82) is 0 Å². The van der Waals surface area contributed by atoms with Gasteiger partial charge in [0.2, 0.25) is 0 Å². The molecule has 0 aromatic heterocycles. The molecule has 9 atom stereocenters. The van der Waals surface area contributed by atoms with E-state index < -0.39 is 11.8 Å². The lowest BCUT2D eigenvalue weighted by Gasteiger charge is -2.58. The highest BCUT2D eigenvalue weighted by Crippen LogP contribution is 2.69. The number of fused-ring (bicyclic) bond motifs is 7. The second-order valence-corrected chi connectivity index (χ2v) is 12.6. The van der Waals surface area contributed by atoms with Crippen LogP contribution in [0.25, 0.3) is 0 Å². The molecule has 4 aliphatic carbocycles. The van der Waals surface area contributed by atoms with Crippen molar-refractivity contribution < 1.29 is 23.8 Å². The molecule has 1 heterocycles. The van der Waals surface area contributed by atoms with Crippen molar-refractivity contribution >= 4 is 5.97 Å². The lowest BCUT2D eigenvalue weighted by Crippen LogP contribution is -2.55. The zero-order chi connectivity index (χ0) is 23.1. The van der Waals surface area contributed by atoms with Crippen LogP contribution in [0.15, 0.2) is 11.4 Å². The fourth-order valence-corrected chi connectivity index (χ4v) is 9.07. The van der Waals surface area contributed by atoms with Crippen LogP contribution in [-0.4, -0.2) is 29.1 Å². The number of hydrogen-bond acceptors (Lipinski definition) is 3. The molecule has 5 heteroatoms. The molecule has 5 aliphatic rings. The first-order valence-corrected chi connectivity index (χ1v) is 12.9. The van der Waals surface area contributed by atoms with Gasteiger partial charge < -0.3 is 14.6 Å². The van der Waals surface area contributed by atoms with Gasteiger partial charge in [-0.1, -0.05) is 20.8 Å². The molecule has 4 nitrogen and oxygen atoms in total. The smallest absolute Gasteiger partial charge is 0.303 e. The second-order valence-electron chi connectivity index (χ2n) is 12.6. The summed E-state index contributed by atoms with van der Waals surface area (Å²) in [6, 6.07) is 0. The number of halogens is 1. The summed E-state index contributed by atoms with van der Waals surface area (Å²) in [6.45, 7) is 11.0. The third kappa shape index (κ3) is 3.32. The van der Waals surface area contributed by atoms with Gasteiger partial charge in [0.15, 0.2) is 5.79 Å². The number of carboxylic acid groups (broad SMARTS) is 1. The molecule has 1 saturated heterocycles. The van der Waals surface area contributed by atoms with E-state index in [1.807, 2.05) is 13.8 Å². The van der Waals surface area contributed by atoms with Crippen LogP contribution < -0.4 is 0 Å². The maximum absolute atomic E-state index is 16.0. The topological polar surface area (TPSA) is 55.8 Å². The summed E-state index contributed by atoms with van der Waals surface area (Å²) in [4.78, 5) is 11.1. The summed E-state index contributed by atoms with van der Waals surface area (Å²) in [6.07, 6.45) is 7.96. The molecule has 0 radical (unpaired) electrons. The Bertz CT molecular complexity index is 820. The largest absolute Gasteiger partial charge is 0.481 e. The van der Waals surface area contributed by atoms with Crippen molar-refractivity contribution in [2.45, 2.75) is 110 Å². The monoisotopic (exact) mass is 448 g/mol. The molecule has 0 amide bonds. The number of carbonyl (C=O) groups is 1. The van der Waals surface area contributed by atoms with Crippen LogP contribution in [0.2, 0.25) is 0 Å². The predicted molar refractivity (Wildman–Crippen MR) is 120 cm³/mol. The van der Waals surface area contributed by atoms with Gasteiger partial charge in [-0.15, -0.1) is 0 Å². The van der Waals surface area contributed by atoms with E-state index in [0.29, 0.717) is 30.1 Å². The van der Waals surface area contributed by atoms with E-state index in [2.05, 4.69) is 20.8 Å². The number of allylic oxidation sites excluding steroid dienone is 2. The van der Waals surface area contributed by atoms with Crippen molar-refractivity contribution in [3.8, 4) is 0 Å². The number of rotatable bonds is 4. The Morgan fingerprint density at radius 2 is 1.75 bits per heavy atom. The molecule has 0 aromatic carbocycles. The van der Waals surface area contributed by atoms with Gasteiger partial charge in [0, 0.05) is 12.8 Å². The Labute approximate surface area is 192 Å². The zero-order valence-corrected chi connectivity index (χ0v) is 20.5. The molecule has 1 N–H and O–H groups in total. The van der Waals surface area contributed by atoms with Crippen LogP contribution in [0.4, 0.5) is 4.39 Å². The molecule has 0 bridgehead atoms. The van der Waals surface area contributed by atoms with Crippen LogP contribution in [-0.2, 0) is 14.3 Å². The van der Waals surface area contributed by atoms with Crippen LogP contribution in [0.5, 0.6) is 0 Å². The minimum atomic E-state index is -0.711. The fraction of sp³-hybridized carbons (Fsp3) is 0.889. The fourth-order valence-electron chi connectivity index (χ4n) is 9.07. The van der Waals surface area contributed by atoms with Crippen LogP contribution in [0.1, 0.15) is 92.4 Å². The van der Waals surface area contributed by atoms with Gasteiger partial charge >= 0.3 is 5.97 Å². The zero-order valence-electron chi connectivity index (χ0n) is 20.5. The Hall–Kier alpha value is -0.940. The van der Waals surface area contributed by atoms with Gasteiger partial charge in [0.25, 0.3) is 0 Å². The molecule has 0 unspecified atom stereocenters. The lowest BCUT2D eigenvalue weighted by atomic mass is 9.47. The summed E-state index contributed by atoms with van der Waals surface area (Å²) in [5.41, 5.74) is 1.31. The summed E-state index contributed by atoms with van der Waals surface area (Å²) in [5.74, 6) is 0.520. The molecule has 4 fully saturated rings. The van der Waals surface area contributed by atoms with Crippen LogP contribution >= 0.6 is 0 Å². The normalized spacial score (nSPS) is 47.9. The minimum Gasteiger partial charge on any atom is -0.481 e. The molecule has 180 valence electrons. The summed E-state index contributed by atoms with van der Waals surface area (Å²) in [5, 5.41) is 9.15. The highest BCUT2D eigenvalue weighted by molar-refractivity contribution is 5.66. The predicted octanol–water partition coefficient (Wildman–Crippen LogP) is 6.49. The molecule has 0 spiro atoms. The maximum Gasteiger partial charge on any atom is 0.303 e. The molecule has 5 rings (SSSR count). The minimum absolute atomic E-state index is 0.00303. The number of hydrogen-bond donors (Lipinski definition) is 1. The molecule has 32 heavy (non-hydrogen) atoms. The molecular weight excluding hydrogens is 407 g/mol. The summed E-state index contributed by atoms with van der Waals surface area (Å²) >= 11 is 0. The van der Waals surface area contributed by atoms with Crippen LogP contribution in [0.3, 0.4) is 0 Å². The first-order valence-electron chi connectivity index (χ1n) is 12.9. The van der Waals surface area contributed by atoms with Gasteiger partial charge in [-0.3, -0.25) is 4.79 Å². The number of carboxylic acids is 1. The highest BCUT2D eigenvalue weighted by Gasteiger charge is 2.63.